The SMILES string of the molecule is CN(c1sccc1C(N)=O)C(O)c1ccn[nH]1. The van der Waals surface area contributed by atoms with Crippen molar-refractivity contribution in [2.45, 2.75) is 6.23 Å². The van der Waals surface area contributed by atoms with Crippen molar-refractivity contribution < 1.29 is 9.90 Å². The molecule has 7 heteroatoms. The van der Waals surface area contributed by atoms with Crippen molar-refractivity contribution in [1.82, 2.24) is 10.2 Å². The minimum Gasteiger partial charge on any atom is -0.368 e. The molecule has 1 unspecified atom stereocenters. The number of carbonyl (C=O) groups excluding carboxylic acids is 1. The minimum absolute atomic E-state index is 0.399. The smallest absolute Gasteiger partial charge is 0.251 e. The molecule has 2 heterocycles. The van der Waals surface area contributed by atoms with E-state index in [4.69, 9.17) is 5.73 Å². The number of nitrogens with zero attached hydrogens (tertiary/aromatic N) is 2. The average molecular weight is 252 g/mol. The summed E-state index contributed by atoms with van der Waals surface area (Å²) >= 11 is 1.34. The molecule has 0 radical (unpaired) electrons. The van der Waals surface area contributed by atoms with Crippen molar-refractivity contribution in [2.24, 2.45) is 5.73 Å². The van der Waals surface area contributed by atoms with Gasteiger partial charge in [-0.25, -0.2) is 0 Å². The molecule has 6 nitrogen and oxygen atoms in total. The number of primary amides is 1. The molecule has 0 spiro atoms. The third-order valence-corrected chi connectivity index (χ3v) is 3.40. The number of H-pyrrole nitrogens is 1. The molecule has 4 N–H and O–H groups in total. The Balaban J connectivity index is 2.28. The van der Waals surface area contributed by atoms with Gasteiger partial charge in [0, 0.05) is 13.2 Å². The van der Waals surface area contributed by atoms with Crippen molar-refractivity contribution >= 4 is 22.2 Å². The second-order valence-corrected chi connectivity index (χ2v) is 4.39. The Bertz CT molecular complexity index is 508. The molecule has 90 valence electrons. The number of aliphatic hydroxyl groups is 1. The molecule has 17 heavy (non-hydrogen) atoms. The molecule has 0 saturated heterocycles. The number of amides is 1. The first-order valence-corrected chi connectivity index (χ1v) is 5.76. The molecule has 0 bridgehead atoms. The van der Waals surface area contributed by atoms with E-state index in [1.165, 1.54) is 11.3 Å². The topological polar surface area (TPSA) is 95.2 Å². The van der Waals surface area contributed by atoms with Crippen LogP contribution in [0.5, 0.6) is 0 Å². The van der Waals surface area contributed by atoms with Gasteiger partial charge in [-0.05, 0) is 17.5 Å². The number of nitrogens with two attached hydrogens (primary N) is 1. The van der Waals surface area contributed by atoms with Crippen LogP contribution in [0.3, 0.4) is 0 Å². The number of aromatic amines is 1. The molecule has 0 aromatic carbocycles. The van der Waals surface area contributed by atoms with Crippen molar-refractivity contribution in [3.63, 3.8) is 0 Å². The van der Waals surface area contributed by atoms with E-state index in [-0.39, 0.29) is 0 Å². The highest BCUT2D eigenvalue weighted by molar-refractivity contribution is 7.14. The minimum atomic E-state index is -0.894. The summed E-state index contributed by atoms with van der Waals surface area (Å²) in [6.07, 6.45) is 0.657. The largest absolute Gasteiger partial charge is 0.368 e. The van der Waals surface area contributed by atoms with Crippen LogP contribution in [0, 0.1) is 0 Å². The fourth-order valence-corrected chi connectivity index (χ4v) is 2.39. The van der Waals surface area contributed by atoms with Gasteiger partial charge >= 0.3 is 0 Å². The number of aliphatic hydroxyl groups excluding tert-OH is 1. The Morgan fingerprint density at radius 3 is 3.00 bits per heavy atom. The highest BCUT2D eigenvalue weighted by Gasteiger charge is 2.20. The molecule has 2 aromatic rings. The third-order valence-electron chi connectivity index (χ3n) is 2.40. The molecular weight excluding hydrogens is 240 g/mol. The predicted molar refractivity (Wildman–Crippen MR) is 64.8 cm³/mol. The van der Waals surface area contributed by atoms with Gasteiger partial charge < -0.3 is 15.7 Å². The second kappa shape index (κ2) is 4.56. The lowest BCUT2D eigenvalue weighted by molar-refractivity contribution is 0.100. The number of anilines is 1. The lowest BCUT2D eigenvalue weighted by atomic mass is 10.3. The molecular formula is C10H12N4O2S. The molecule has 0 saturated carbocycles. The first-order chi connectivity index (χ1) is 8.11. The van der Waals surface area contributed by atoms with Crippen LogP contribution >= 0.6 is 11.3 Å². The molecule has 0 aliphatic carbocycles. The quantitative estimate of drug-likeness (QED) is 0.698. The van der Waals surface area contributed by atoms with Crippen LogP contribution < -0.4 is 10.6 Å². The standard InChI is InChI=1S/C10H12N4O2S/c1-14(9(16)7-2-4-12-13-7)10-6(8(11)15)3-5-17-10/h2-5,9,16H,1H3,(H2,11,15)(H,12,13). The number of hydrogen-bond donors (Lipinski definition) is 3. The Hall–Kier alpha value is -1.86. The highest BCUT2D eigenvalue weighted by atomic mass is 32.1. The number of aromatic nitrogens is 2. The third kappa shape index (κ3) is 2.15. The first-order valence-electron chi connectivity index (χ1n) is 4.88. The van der Waals surface area contributed by atoms with Crippen molar-refractivity contribution in [1.29, 1.82) is 0 Å². The molecule has 0 fully saturated rings. The summed E-state index contributed by atoms with van der Waals surface area (Å²) in [5, 5.41) is 18.9. The van der Waals surface area contributed by atoms with E-state index in [1.54, 1.807) is 35.7 Å². The van der Waals surface area contributed by atoms with Gasteiger partial charge in [0.15, 0.2) is 6.23 Å². The molecule has 0 aliphatic heterocycles. The van der Waals surface area contributed by atoms with Crippen molar-refractivity contribution in [2.75, 3.05) is 11.9 Å². The van der Waals surface area contributed by atoms with Crippen LogP contribution in [0.4, 0.5) is 5.00 Å². The van der Waals surface area contributed by atoms with Crippen LogP contribution in [0.25, 0.3) is 0 Å². The van der Waals surface area contributed by atoms with Crippen LogP contribution in [-0.2, 0) is 0 Å². The Morgan fingerprint density at radius 2 is 2.41 bits per heavy atom. The zero-order valence-electron chi connectivity index (χ0n) is 9.12. The second-order valence-electron chi connectivity index (χ2n) is 3.50. The molecule has 2 aromatic heterocycles. The number of carbonyl (C=O) groups is 1. The van der Waals surface area contributed by atoms with Crippen LogP contribution in [0.1, 0.15) is 22.3 Å². The maximum Gasteiger partial charge on any atom is 0.251 e. The zero-order valence-corrected chi connectivity index (χ0v) is 9.94. The van der Waals surface area contributed by atoms with Gasteiger partial charge in [0.05, 0.1) is 11.3 Å². The van der Waals surface area contributed by atoms with E-state index >= 15 is 0 Å². The van der Waals surface area contributed by atoms with Gasteiger partial charge in [-0.15, -0.1) is 11.3 Å². The van der Waals surface area contributed by atoms with Gasteiger partial charge in [0.1, 0.15) is 5.00 Å². The van der Waals surface area contributed by atoms with Gasteiger partial charge in [-0.1, -0.05) is 0 Å². The molecule has 2 rings (SSSR count). The Morgan fingerprint density at radius 1 is 1.65 bits per heavy atom. The highest BCUT2D eigenvalue weighted by Crippen LogP contribution is 2.31. The van der Waals surface area contributed by atoms with Crippen LogP contribution in [0.2, 0.25) is 0 Å². The normalized spacial score (nSPS) is 12.4. The van der Waals surface area contributed by atoms with Crippen molar-refractivity contribution in [3.8, 4) is 0 Å². The monoisotopic (exact) mass is 252 g/mol. The van der Waals surface area contributed by atoms with Gasteiger partial charge in [0.25, 0.3) is 5.91 Å². The maximum absolute atomic E-state index is 11.2. The zero-order chi connectivity index (χ0) is 12.4. The summed E-state index contributed by atoms with van der Waals surface area (Å²) in [4.78, 5) is 12.8. The van der Waals surface area contributed by atoms with Gasteiger partial charge in [0.2, 0.25) is 0 Å². The lowest BCUT2D eigenvalue weighted by Gasteiger charge is -2.23. The van der Waals surface area contributed by atoms with Crippen molar-refractivity contribution in [3.05, 3.63) is 35.0 Å². The number of thiophene rings is 1. The van der Waals surface area contributed by atoms with E-state index in [0.717, 1.165) is 0 Å². The van der Waals surface area contributed by atoms with E-state index < -0.39 is 12.1 Å². The summed E-state index contributed by atoms with van der Waals surface area (Å²) in [6.45, 7) is 0. The predicted octanol–water partition coefficient (Wildman–Crippen LogP) is 0.697. The maximum atomic E-state index is 11.2. The van der Waals surface area contributed by atoms with Crippen LogP contribution in [-0.4, -0.2) is 28.3 Å². The summed E-state index contributed by atoms with van der Waals surface area (Å²) < 4.78 is 0. The van der Waals surface area contributed by atoms with E-state index in [0.29, 0.717) is 16.3 Å². The number of rotatable bonds is 4. The number of nitrogens with one attached hydrogen (secondary N) is 1. The number of hydrogen-bond acceptors (Lipinski definition) is 5. The van der Waals surface area contributed by atoms with E-state index in [1.807, 2.05) is 0 Å². The Labute approximate surface area is 102 Å². The summed E-state index contributed by atoms with van der Waals surface area (Å²) in [5.74, 6) is -0.509. The fraction of sp³-hybridized carbons (Fsp3) is 0.200. The first kappa shape index (κ1) is 11.6. The van der Waals surface area contributed by atoms with E-state index in [9.17, 15) is 9.90 Å². The molecule has 1 atom stereocenters. The molecule has 0 aliphatic rings. The fourth-order valence-electron chi connectivity index (χ4n) is 1.49. The van der Waals surface area contributed by atoms with Crippen LogP contribution in [0.15, 0.2) is 23.7 Å². The van der Waals surface area contributed by atoms with E-state index in [2.05, 4.69) is 10.2 Å². The van der Waals surface area contributed by atoms with Gasteiger partial charge in [-0.2, -0.15) is 5.10 Å². The summed E-state index contributed by atoms with van der Waals surface area (Å²) in [6, 6.07) is 3.30. The summed E-state index contributed by atoms with van der Waals surface area (Å²) in [5.41, 5.74) is 6.21. The Kier molecular flexibility index (Phi) is 3.12. The van der Waals surface area contributed by atoms with Gasteiger partial charge in [-0.3, -0.25) is 9.89 Å². The average Bonchev–Trinajstić information content (AvgIpc) is 2.97. The lowest BCUT2D eigenvalue weighted by Crippen LogP contribution is -2.25. The summed E-state index contributed by atoms with van der Waals surface area (Å²) in [7, 11) is 1.68. The molecule has 1 amide bonds.